The van der Waals surface area contributed by atoms with Gasteiger partial charge in [0.1, 0.15) is 7.05 Å². The number of hydrogen-bond donors (Lipinski definition) is 1. The van der Waals surface area contributed by atoms with Crippen molar-refractivity contribution >= 4 is 49.4 Å². The molecular formula is C27H28Br2ClN3O2+2. The second-order valence-corrected chi connectivity index (χ2v) is 11.8. The van der Waals surface area contributed by atoms with Crippen LogP contribution in [0.4, 0.5) is 0 Å². The van der Waals surface area contributed by atoms with Gasteiger partial charge in [-0.05, 0) is 82.4 Å². The maximum absolute atomic E-state index is 13.0. The number of fused-ring (bicyclic) bond motifs is 2. The predicted molar refractivity (Wildman–Crippen MR) is 141 cm³/mol. The monoisotopic (exact) mass is 619 g/mol. The number of carbonyl (C=O) groups is 1. The van der Waals surface area contributed by atoms with Crippen LogP contribution in [0, 0.1) is 5.92 Å². The van der Waals surface area contributed by atoms with Crippen LogP contribution >= 0.6 is 43.5 Å². The van der Waals surface area contributed by atoms with E-state index >= 15 is 0 Å². The average Bonchev–Trinajstić information content (AvgIpc) is 2.98. The highest BCUT2D eigenvalue weighted by atomic mass is 79.9. The van der Waals surface area contributed by atoms with Crippen LogP contribution in [0.15, 0.2) is 57.9 Å². The van der Waals surface area contributed by atoms with E-state index in [1.54, 1.807) is 6.20 Å². The molecule has 0 bridgehead atoms. The molecule has 0 saturated carbocycles. The van der Waals surface area contributed by atoms with Crippen LogP contribution in [0.2, 0.25) is 5.02 Å². The van der Waals surface area contributed by atoms with Crippen molar-refractivity contribution in [3.8, 4) is 0 Å². The Morgan fingerprint density at radius 2 is 1.80 bits per heavy atom. The summed E-state index contributed by atoms with van der Waals surface area (Å²) in [4.78, 5) is 15.0. The molecule has 1 amide bonds. The van der Waals surface area contributed by atoms with Crippen LogP contribution in [-0.2, 0) is 31.1 Å². The summed E-state index contributed by atoms with van der Waals surface area (Å²) in [5.41, 5.74) is 5.55. The molecular weight excluding hydrogens is 594 g/mol. The lowest BCUT2D eigenvalue weighted by Gasteiger charge is -2.36. The Balaban J connectivity index is 1.43. The van der Waals surface area contributed by atoms with Crippen LogP contribution in [0.5, 0.6) is 0 Å². The van der Waals surface area contributed by atoms with Crippen molar-refractivity contribution in [3.05, 3.63) is 90.8 Å². The molecule has 0 spiro atoms. The van der Waals surface area contributed by atoms with Gasteiger partial charge < -0.3 is 4.90 Å². The van der Waals surface area contributed by atoms with Gasteiger partial charge in [-0.3, -0.25) is 10.0 Å². The van der Waals surface area contributed by atoms with Crippen LogP contribution in [-0.4, -0.2) is 29.1 Å². The quantitative estimate of drug-likeness (QED) is 0.333. The Labute approximate surface area is 227 Å². The number of amides is 1. The molecule has 1 N–H and O–H groups in total. The van der Waals surface area contributed by atoms with Crippen molar-refractivity contribution in [3.63, 3.8) is 0 Å². The first-order valence-corrected chi connectivity index (χ1v) is 13.9. The maximum Gasteiger partial charge on any atom is 0.245 e. The fourth-order valence-electron chi connectivity index (χ4n) is 5.63. The summed E-state index contributed by atoms with van der Waals surface area (Å²) in [6, 6.07) is 10.2. The summed E-state index contributed by atoms with van der Waals surface area (Å²) >= 11 is 13.8. The molecule has 2 aliphatic rings. The number of hydrogen-bond acceptors (Lipinski definition) is 2. The zero-order chi connectivity index (χ0) is 24.7. The number of carbonyl (C=O) groups excluding carboxylic acids is 1. The van der Waals surface area contributed by atoms with E-state index in [0.717, 1.165) is 64.5 Å². The number of pyridine rings is 2. The third kappa shape index (κ3) is 5.13. The lowest BCUT2D eigenvalue weighted by molar-refractivity contribution is -0.911. The second kappa shape index (κ2) is 10.2. The topological polar surface area (TPSA) is 48.3 Å². The molecule has 3 aromatic rings. The van der Waals surface area contributed by atoms with Crippen LogP contribution in [0.3, 0.4) is 0 Å². The lowest BCUT2D eigenvalue weighted by Crippen LogP contribution is -2.44. The Morgan fingerprint density at radius 3 is 2.51 bits per heavy atom. The van der Waals surface area contributed by atoms with Gasteiger partial charge >= 0.3 is 0 Å². The van der Waals surface area contributed by atoms with Crippen LogP contribution in [0.1, 0.15) is 46.7 Å². The average molecular weight is 622 g/mol. The van der Waals surface area contributed by atoms with E-state index in [-0.39, 0.29) is 11.8 Å². The number of likely N-dealkylation sites (tertiary alicyclic amines) is 1. The zero-order valence-corrected chi connectivity index (χ0v) is 23.5. The Kier molecular flexibility index (Phi) is 7.20. The predicted octanol–water partition coefficient (Wildman–Crippen LogP) is 4.93. The second-order valence-electron chi connectivity index (χ2n) is 9.62. The molecule has 1 fully saturated rings. The summed E-state index contributed by atoms with van der Waals surface area (Å²) in [6.07, 6.45) is 9.55. The fourth-order valence-corrected chi connectivity index (χ4v) is 7.22. The maximum atomic E-state index is 13.0. The first-order chi connectivity index (χ1) is 16.8. The van der Waals surface area contributed by atoms with Gasteiger partial charge in [-0.1, -0.05) is 27.5 Å². The van der Waals surface area contributed by atoms with E-state index in [0.29, 0.717) is 17.4 Å². The standard InChI is InChI=1S/C27H28Br2ClN3O2/c1-31-8-4-17(5-9-31)12-24(34)32-10-6-18(7-11-32)26-25-19(14-22(30)15-23(25)29)2-3-20-13-21(28)16-33(35)27(20)26/h4-5,8-9,13-16,18,26,35H,2-3,6-7,10-12H2,1H3/q+2/t26-/m1/s1. The van der Waals surface area contributed by atoms with Crippen molar-refractivity contribution in [1.29, 1.82) is 0 Å². The van der Waals surface area contributed by atoms with Crippen molar-refractivity contribution in [2.24, 2.45) is 13.0 Å². The molecule has 182 valence electrons. The van der Waals surface area contributed by atoms with E-state index in [2.05, 4.69) is 44.0 Å². The van der Waals surface area contributed by atoms with Crippen molar-refractivity contribution in [1.82, 2.24) is 4.90 Å². The molecule has 0 unspecified atom stereocenters. The molecule has 5 rings (SSSR count). The van der Waals surface area contributed by atoms with E-state index in [1.165, 1.54) is 15.9 Å². The normalized spacial score (nSPS) is 18.1. The van der Waals surface area contributed by atoms with Gasteiger partial charge in [0, 0.05) is 45.0 Å². The van der Waals surface area contributed by atoms with Crippen LogP contribution < -0.4 is 9.30 Å². The molecule has 1 aromatic carbocycles. The molecule has 3 heterocycles. The number of aryl methyl sites for hydroxylation is 3. The zero-order valence-electron chi connectivity index (χ0n) is 19.6. The van der Waals surface area contributed by atoms with Crippen molar-refractivity contribution in [2.75, 3.05) is 13.1 Å². The van der Waals surface area contributed by atoms with Gasteiger partial charge in [0.2, 0.25) is 17.8 Å². The van der Waals surface area contributed by atoms with Gasteiger partial charge in [-0.2, -0.15) is 0 Å². The number of piperidine rings is 1. The number of rotatable bonds is 3. The van der Waals surface area contributed by atoms with Crippen molar-refractivity contribution in [2.45, 2.75) is 38.0 Å². The Morgan fingerprint density at radius 1 is 1.11 bits per heavy atom. The van der Waals surface area contributed by atoms with Gasteiger partial charge in [0.15, 0.2) is 12.4 Å². The minimum Gasteiger partial charge on any atom is -0.342 e. The molecule has 0 radical (unpaired) electrons. The summed E-state index contributed by atoms with van der Waals surface area (Å²) in [5.74, 6) is 0.481. The number of halogens is 3. The molecule has 2 aromatic heterocycles. The molecule has 1 saturated heterocycles. The lowest BCUT2D eigenvalue weighted by atomic mass is 9.76. The number of benzene rings is 1. The third-order valence-electron chi connectivity index (χ3n) is 7.35. The Bertz CT molecular complexity index is 1210. The van der Waals surface area contributed by atoms with Crippen molar-refractivity contribution < 1.29 is 19.3 Å². The van der Waals surface area contributed by atoms with Gasteiger partial charge in [0.05, 0.1) is 16.8 Å². The molecule has 35 heavy (non-hydrogen) atoms. The molecule has 1 atom stereocenters. The van der Waals surface area contributed by atoms with Gasteiger partial charge in [0.25, 0.3) is 0 Å². The molecule has 1 aliphatic carbocycles. The minimum atomic E-state index is 0.0126. The summed E-state index contributed by atoms with van der Waals surface area (Å²) in [5, 5.41) is 11.8. The van der Waals surface area contributed by atoms with Gasteiger partial charge in [-0.15, -0.1) is 0 Å². The largest absolute Gasteiger partial charge is 0.342 e. The van der Waals surface area contributed by atoms with E-state index in [1.807, 2.05) is 47.1 Å². The Hall–Kier alpha value is -1.96. The van der Waals surface area contributed by atoms with E-state index < -0.39 is 0 Å². The summed E-state index contributed by atoms with van der Waals surface area (Å²) in [7, 11) is 1.97. The molecule has 1 aliphatic heterocycles. The third-order valence-corrected chi connectivity index (χ3v) is 8.66. The smallest absolute Gasteiger partial charge is 0.245 e. The SMILES string of the molecule is C[n+]1ccc(CC(=O)N2CCC([C@@H]3c4c(Br)cc(Cl)cc4CCc4cc(Br)c[n+](O)c43)CC2)cc1. The highest BCUT2D eigenvalue weighted by Gasteiger charge is 2.41. The molecule has 8 heteroatoms. The first-order valence-electron chi connectivity index (χ1n) is 11.9. The highest BCUT2D eigenvalue weighted by Crippen LogP contribution is 2.45. The minimum absolute atomic E-state index is 0.0126. The summed E-state index contributed by atoms with van der Waals surface area (Å²) in [6.45, 7) is 1.44. The van der Waals surface area contributed by atoms with Crippen LogP contribution in [0.25, 0.3) is 0 Å². The fraction of sp³-hybridized carbons (Fsp3) is 0.370. The highest BCUT2D eigenvalue weighted by molar-refractivity contribution is 9.10. The number of nitrogens with zero attached hydrogens (tertiary/aromatic N) is 3. The van der Waals surface area contributed by atoms with Gasteiger partial charge in [-0.25, -0.2) is 4.57 Å². The van der Waals surface area contributed by atoms with E-state index in [9.17, 15) is 10.0 Å². The summed E-state index contributed by atoms with van der Waals surface area (Å²) < 4.78 is 5.11. The molecule has 5 nitrogen and oxygen atoms in total. The van der Waals surface area contributed by atoms with E-state index in [4.69, 9.17) is 11.6 Å². The first kappa shape index (κ1) is 24.7. The number of aromatic nitrogens is 2.